The molecule has 0 radical (unpaired) electrons. The predicted octanol–water partition coefficient (Wildman–Crippen LogP) is 3.97. The lowest BCUT2D eigenvalue weighted by Crippen LogP contribution is -2.06. The van der Waals surface area contributed by atoms with E-state index in [0.29, 0.717) is 0 Å². The SMILES string of the molecule is CCCNc1cc(Nc2cccc(C)c2C)nc(C)n1. The summed E-state index contributed by atoms with van der Waals surface area (Å²) in [7, 11) is 0. The van der Waals surface area contributed by atoms with E-state index in [-0.39, 0.29) is 0 Å². The van der Waals surface area contributed by atoms with Gasteiger partial charge in [-0.05, 0) is 44.4 Å². The van der Waals surface area contributed by atoms with Crippen LogP contribution in [0.4, 0.5) is 17.3 Å². The molecule has 20 heavy (non-hydrogen) atoms. The molecule has 0 atom stereocenters. The molecular formula is C16H22N4. The number of anilines is 3. The Labute approximate surface area is 120 Å². The standard InChI is InChI=1S/C16H22N4/c1-5-9-17-15-10-16(19-13(4)18-15)20-14-8-6-7-11(2)12(14)3/h6-8,10H,5,9H2,1-4H3,(H2,17,18,19,20). The van der Waals surface area contributed by atoms with Gasteiger partial charge in [0.05, 0.1) is 0 Å². The molecule has 0 fully saturated rings. The number of nitrogens with zero attached hydrogens (tertiary/aromatic N) is 2. The molecule has 1 heterocycles. The third-order valence-corrected chi connectivity index (χ3v) is 3.26. The van der Waals surface area contributed by atoms with E-state index in [2.05, 4.69) is 59.6 Å². The minimum Gasteiger partial charge on any atom is -0.370 e. The first kappa shape index (κ1) is 14.3. The van der Waals surface area contributed by atoms with Gasteiger partial charge in [0.2, 0.25) is 0 Å². The number of hydrogen-bond acceptors (Lipinski definition) is 4. The molecule has 1 aromatic heterocycles. The molecule has 1 aromatic carbocycles. The van der Waals surface area contributed by atoms with Crippen molar-refractivity contribution >= 4 is 17.3 Å². The summed E-state index contributed by atoms with van der Waals surface area (Å²) in [4.78, 5) is 8.84. The summed E-state index contributed by atoms with van der Waals surface area (Å²) >= 11 is 0. The van der Waals surface area contributed by atoms with E-state index in [4.69, 9.17) is 0 Å². The van der Waals surface area contributed by atoms with Crippen molar-refractivity contribution in [3.8, 4) is 0 Å². The Balaban J connectivity index is 2.24. The molecule has 4 nitrogen and oxygen atoms in total. The largest absolute Gasteiger partial charge is 0.370 e. The first-order chi connectivity index (χ1) is 9.60. The number of rotatable bonds is 5. The van der Waals surface area contributed by atoms with E-state index < -0.39 is 0 Å². The zero-order valence-electron chi connectivity index (χ0n) is 12.6. The van der Waals surface area contributed by atoms with E-state index >= 15 is 0 Å². The number of hydrogen-bond donors (Lipinski definition) is 2. The molecule has 0 aliphatic carbocycles. The Bertz CT molecular complexity index is 593. The average molecular weight is 270 g/mol. The molecule has 2 aromatic rings. The summed E-state index contributed by atoms with van der Waals surface area (Å²) in [5.41, 5.74) is 3.60. The van der Waals surface area contributed by atoms with Crippen molar-refractivity contribution in [2.75, 3.05) is 17.2 Å². The quantitative estimate of drug-likeness (QED) is 0.863. The maximum atomic E-state index is 4.45. The van der Waals surface area contributed by atoms with Crippen molar-refractivity contribution in [3.05, 3.63) is 41.2 Å². The maximum absolute atomic E-state index is 4.45. The summed E-state index contributed by atoms with van der Waals surface area (Å²) in [5.74, 6) is 2.45. The van der Waals surface area contributed by atoms with Crippen molar-refractivity contribution in [1.29, 1.82) is 0 Å². The molecule has 0 aliphatic rings. The fourth-order valence-electron chi connectivity index (χ4n) is 2.00. The number of aromatic nitrogens is 2. The fourth-order valence-corrected chi connectivity index (χ4v) is 2.00. The van der Waals surface area contributed by atoms with Crippen LogP contribution in [-0.2, 0) is 0 Å². The molecule has 0 saturated carbocycles. The Morgan fingerprint density at radius 1 is 1.05 bits per heavy atom. The number of aryl methyl sites for hydroxylation is 2. The zero-order valence-corrected chi connectivity index (χ0v) is 12.6. The third-order valence-electron chi connectivity index (χ3n) is 3.26. The van der Waals surface area contributed by atoms with E-state index in [1.54, 1.807) is 0 Å². The van der Waals surface area contributed by atoms with Gasteiger partial charge in [0.1, 0.15) is 17.5 Å². The van der Waals surface area contributed by atoms with Crippen molar-refractivity contribution in [1.82, 2.24) is 9.97 Å². The number of benzene rings is 1. The predicted molar refractivity (Wildman–Crippen MR) is 84.7 cm³/mol. The Morgan fingerprint density at radius 3 is 2.55 bits per heavy atom. The Kier molecular flexibility index (Phi) is 4.56. The highest BCUT2D eigenvalue weighted by Crippen LogP contribution is 2.22. The zero-order chi connectivity index (χ0) is 14.5. The Hall–Kier alpha value is -2.10. The van der Waals surface area contributed by atoms with Crippen LogP contribution in [-0.4, -0.2) is 16.5 Å². The van der Waals surface area contributed by atoms with Crippen LogP contribution in [0.25, 0.3) is 0 Å². The summed E-state index contributed by atoms with van der Waals surface area (Å²) in [5, 5.41) is 6.68. The second-order valence-electron chi connectivity index (χ2n) is 4.98. The summed E-state index contributed by atoms with van der Waals surface area (Å²) in [6, 6.07) is 8.18. The van der Waals surface area contributed by atoms with Crippen LogP contribution in [0.3, 0.4) is 0 Å². The van der Waals surface area contributed by atoms with Crippen molar-refractivity contribution in [2.45, 2.75) is 34.1 Å². The van der Waals surface area contributed by atoms with Gasteiger partial charge in [0, 0.05) is 18.3 Å². The summed E-state index contributed by atoms with van der Waals surface area (Å²) in [6.07, 6.45) is 1.07. The smallest absolute Gasteiger partial charge is 0.136 e. The third kappa shape index (κ3) is 3.47. The van der Waals surface area contributed by atoms with Gasteiger partial charge in [-0.1, -0.05) is 19.1 Å². The van der Waals surface area contributed by atoms with Crippen LogP contribution in [0.5, 0.6) is 0 Å². The minimum atomic E-state index is 0.763. The first-order valence-electron chi connectivity index (χ1n) is 7.03. The van der Waals surface area contributed by atoms with Gasteiger partial charge in [0.25, 0.3) is 0 Å². The molecule has 2 N–H and O–H groups in total. The number of nitrogens with one attached hydrogen (secondary N) is 2. The van der Waals surface area contributed by atoms with Gasteiger partial charge in [-0.15, -0.1) is 0 Å². The van der Waals surface area contributed by atoms with Crippen LogP contribution < -0.4 is 10.6 Å². The van der Waals surface area contributed by atoms with Crippen LogP contribution >= 0.6 is 0 Å². The molecule has 4 heteroatoms. The van der Waals surface area contributed by atoms with Gasteiger partial charge in [0.15, 0.2) is 0 Å². The highest BCUT2D eigenvalue weighted by Gasteiger charge is 2.05. The second kappa shape index (κ2) is 6.37. The molecule has 0 bridgehead atoms. The lowest BCUT2D eigenvalue weighted by molar-refractivity contribution is 0.955. The highest BCUT2D eigenvalue weighted by atomic mass is 15.1. The summed E-state index contributed by atoms with van der Waals surface area (Å²) in [6.45, 7) is 9.18. The van der Waals surface area contributed by atoms with E-state index in [0.717, 1.165) is 36.1 Å². The van der Waals surface area contributed by atoms with Gasteiger partial charge >= 0.3 is 0 Å². The lowest BCUT2D eigenvalue weighted by Gasteiger charge is -2.12. The first-order valence-corrected chi connectivity index (χ1v) is 7.03. The molecule has 0 amide bonds. The van der Waals surface area contributed by atoms with E-state index in [1.807, 2.05) is 13.0 Å². The van der Waals surface area contributed by atoms with Gasteiger partial charge in [-0.3, -0.25) is 0 Å². The molecule has 2 rings (SSSR count). The average Bonchev–Trinajstić information content (AvgIpc) is 2.41. The van der Waals surface area contributed by atoms with Crippen LogP contribution in [0.15, 0.2) is 24.3 Å². The minimum absolute atomic E-state index is 0.763. The topological polar surface area (TPSA) is 49.8 Å². The summed E-state index contributed by atoms with van der Waals surface area (Å²) < 4.78 is 0. The molecule has 106 valence electrons. The molecule has 0 saturated heterocycles. The molecule has 0 spiro atoms. The van der Waals surface area contributed by atoms with Crippen LogP contribution in [0.2, 0.25) is 0 Å². The normalized spacial score (nSPS) is 10.4. The van der Waals surface area contributed by atoms with E-state index in [1.165, 1.54) is 11.1 Å². The van der Waals surface area contributed by atoms with Gasteiger partial charge < -0.3 is 10.6 Å². The van der Waals surface area contributed by atoms with Gasteiger partial charge in [-0.25, -0.2) is 9.97 Å². The van der Waals surface area contributed by atoms with Crippen LogP contribution in [0.1, 0.15) is 30.3 Å². The molecule has 0 unspecified atom stereocenters. The monoisotopic (exact) mass is 270 g/mol. The highest BCUT2D eigenvalue weighted by molar-refractivity contribution is 5.63. The fraction of sp³-hybridized carbons (Fsp3) is 0.375. The maximum Gasteiger partial charge on any atom is 0.136 e. The second-order valence-corrected chi connectivity index (χ2v) is 4.98. The molecular weight excluding hydrogens is 248 g/mol. The van der Waals surface area contributed by atoms with Crippen molar-refractivity contribution in [3.63, 3.8) is 0 Å². The Morgan fingerprint density at radius 2 is 1.80 bits per heavy atom. The molecule has 0 aliphatic heterocycles. The lowest BCUT2D eigenvalue weighted by atomic mass is 10.1. The van der Waals surface area contributed by atoms with Crippen molar-refractivity contribution < 1.29 is 0 Å². The van der Waals surface area contributed by atoms with Gasteiger partial charge in [-0.2, -0.15) is 0 Å². The van der Waals surface area contributed by atoms with Crippen molar-refractivity contribution in [2.24, 2.45) is 0 Å². The van der Waals surface area contributed by atoms with E-state index in [9.17, 15) is 0 Å². The van der Waals surface area contributed by atoms with Crippen LogP contribution in [0, 0.1) is 20.8 Å².